The molecule has 266 valence electrons. The van der Waals surface area contributed by atoms with E-state index in [-0.39, 0.29) is 6.10 Å². The highest BCUT2D eigenvalue weighted by Crippen LogP contribution is 2.46. The molecule has 0 amide bonds. The van der Waals surface area contributed by atoms with Gasteiger partial charge in [0.15, 0.2) is 0 Å². The molecule has 0 aliphatic heterocycles. The van der Waals surface area contributed by atoms with Crippen LogP contribution in [0.1, 0.15) is 239 Å². The maximum Gasteiger partial charge on any atom is 0.472 e. The average molecular weight is 645 g/mol. The molecule has 1 atom stereocenters. The second-order valence-electron chi connectivity index (χ2n) is 13.9. The topological polar surface area (TPSA) is 55.8 Å². The van der Waals surface area contributed by atoms with E-state index >= 15 is 0 Å². The van der Waals surface area contributed by atoms with Gasteiger partial charge in [0.1, 0.15) is 0 Å². The molecule has 1 N–H and O–H groups in total. The van der Waals surface area contributed by atoms with E-state index in [9.17, 15) is 9.46 Å². The highest BCUT2D eigenvalue weighted by molar-refractivity contribution is 7.47. The quantitative estimate of drug-likeness (QED) is 0.0537. The Labute approximate surface area is 277 Å². The fraction of sp³-hybridized carbons (Fsp3) is 1.00. The number of hydrogen-bond acceptors (Lipinski definition) is 3. The Morgan fingerprint density at radius 1 is 0.409 bits per heavy atom. The van der Waals surface area contributed by atoms with E-state index in [0.717, 1.165) is 38.5 Å². The lowest BCUT2D eigenvalue weighted by atomic mass is 10.0. The van der Waals surface area contributed by atoms with Gasteiger partial charge in [-0.1, -0.05) is 220 Å². The van der Waals surface area contributed by atoms with Crippen molar-refractivity contribution < 1.29 is 18.5 Å². The van der Waals surface area contributed by atoms with Gasteiger partial charge in [-0.25, -0.2) is 4.57 Å². The standard InChI is InChI=1S/C39H81O4P/c1-4-7-10-13-16-17-18-19-20-21-22-23-24-25-26-29-32-35-38-42-44(40,41)43-39(36-33-30-27-14-11-8-5-2)37-34-31-28-15-12-9-6-3/h39H,4-38H2,1-3H3,(H,40,41). The van der Waals surface area contributed by atoms with Gasteiger partial charge in [-0.3, -0.25) is 9.05 Å². The van der Waals surface area contributed by atoms with Crippen LogP contribution in [-0.4, -0.2) is 17.6 Å². The molecule has 1 unspecified atom stereocenters. The Morgan fingerprint density at radius 2 is 0.659 bits per heavy atom. The number of phosphoric acid groups is 1. The molecule has 0 saturated heterocycles. The van der Waals surface area contributed by atoms with Crippen LogP contribution in [0.2, 0.25) is 0 Å². The maximum atomic E-state index is 12.7. The smallest absolute Gasteiger partial charge is 0.302 e. The molecule has 0 aliphatic rings. The SMILES string of the molecule is CCCCCCCCCCCCCCCCCCCCOP(=O)(O)OC(CCCCCCCCC)CCCCCCCCC. The van der Waals surface area contributed by atoms with Crippen LogP contribution in [0, 0.1) is 0 Å². The third-order valence-electron chi connectivity index (χ3n) is 9.29. The summed E-state index contributed by atoms with van der Waals surface area (Å²) in [6.45, 7) is 7.12. The first kappa shape index (κ1) is 44.1. The van der Waals surface area contributed by atoms with Gasteiger partial charge in [0.05, 0.1) is 12.7 Å². The van der Waals surface area contributed by atoms with Crippen molar-refractivity contribution >= 4 is 7.82 Å². The first-order valence-corrected chi connectivity index (χ1v) is 21.7. The Balaban J connectivity index is 3.88. The molecule has 0 spiro atoms. The average Bonchev–Trinajstić information content (AvgIpc) is 3.01. The summed E-state index contributed by atoms with van der Waals surface area (Å²) < 4.78 is 23.9. The molecule has 0 saturated carbocycles. The second kappa shape index (κ2) is 36.0. The van der Waals surface area contributed by atoms with Crippen molar-refractivity contribution in [3.05, 3.63) is 0 Å². The Kier molecular flexibility index (Phi) is 36.0. The molecule has 0 aliphatic carbocycles. The highest BCUT2D eigenvalue weighted by atomic mass is 31.2. The van der Waals surface area contributed by atoms with Crippen molar-refractivity contribution in [1.82, 2.24) is 0 Å². The van der Waals surface area contributed by atoms with Gasteiger partial charge < -0.3 is 4.89 Å². The highest BCUT2D eigenvalue weighted by Gasteiger charge is 2.26. The first-order chi connectivity index (χ1) is 21.6. The van der Waals surface area contributed by atoms with Crippen LogP contribution in [0.25, 0.3) is 0 Å². The molecule has 0 radical (unpaired) electrons. The largest absolute Gasteiger partial charge is 0.472 e. The number of hydrogen-bond donors (Lipinski definition) is 1. The summed E-state index contributed by atoms with van der Waals surface area (Å²) in [5, 5.41) is 0. The van der Waals surface area contributed by atoms with Crippen molar-refractivity contribution in [1.29, 1.82) is 0 Å². The van der Waals surface area contributed by atoms with Gasteiger partial charge >= 0.3 is 7.82 Å². The third-order valence-corrected chi connectivity index (χ3v) is 10.4. The molecule has 0 heterocycles. The lowest BCUT2D eigenvalue weighted by Gasteiger charge is -2.21. The van der Waals surface area contributed by atoms with Crippen molar-refractivity contribution in [3.63, 3.8) is 0 Å². The predicted octanol–water partition coefficient (Wildman–Crippen LogP) is 14.8. The summed E-state index contributed by atoms with van der Waals surface area (Å²) in [5.41, 5.74) is 0. The zero-order valence-electron chi connectivity index (χ0n) is 30.4. The minimum atomic E-state index is -3.98. The van der Waals surface area contributed by atoms with Gasteiger partial charge in [0.2, 0.25) is 0 Å². The van der Waals surface area contributed by atoms with Gasteiger partial charge in [0.25, 0.3) is 0 Å². The lowest BCUT2D eigenvalue weighted by molar-refractivity contribution is 0.0900. The number of phosphoric ester groups is 1. The van der Waals surface area contributed by atoms with Gasteiger partial charge in [-0.15, -0.1) is 0 Å². The fourth-order valence-electron chi connectivity index (χ4n) is 6.31. The Bertz CT molecular complexity index is 566. The van der Waals surface area contributed by atoms with Crippen LogP contribution < -0.4 is 0 Å². The Morgan fingerprint density at radius 3 is 0.955 bits per heavy atom. The molecular formula is C39H81O4P. The van der Waals surface area contributed by atoms with Crippen molar-refractivity contribution in [2.24, 2.45) is 0 Å². The third kappa shape index (κ3) is 35.0. The normalized spacial score (nSPS) is 13.2. The summed E-state index contributed by atoms with van der Waals surface area (Å²) in [7, 11) is -3.98. The van der Waals surface area contributed by atoms with Crippen molar-refractivity contribution in [2.45, 2.75) is 245 Å². The molecule has 4 nitrogen and oxygen atoms in total. The van der Waals surface area contributed by atoms with E-state index in [1.54, 1.807) is 0 Å². The number of rotatable bonds is 38. The van der Waals surface area contributed by atoms with Crippen LogP contribution >= 0.6 is 7.82 Å². The predicted molar refractivity (Wildman–Crippen MR) is 195 cm³/mol. The molecule has 0 fully saturated rings. The summed E-state index contributed by atoms with van der Waals surface area (Å²) in [5.74, 6) is 0. The van der Waals surface area contributed by atoms with E-state index in [1.165, 1.54) is 180 Å². The molecular weight excluding hydrogens is 563 g/mol. The van der Waals surface area contributed by atoms with E-state index in [4.69, 9.17) is 9.05 Å². The summed E-state index contributed by atoms with van der Waals surface area (Å²) >= 11 is 0. The van der Waals surface area contributed by atoms with E-state index in [1.807, 2.05) is 0 Å². The molecule has 5 heteroatoms. The molecule has 0 bridgehead atoms. The second-order valence-corrected chi connectivity index (χ2v) is 15.3. The van der Waals surface area contributed by atoms with Crippen LogP contribution in [0.5, 0.6) is 0 Å². The van der Waals surface area contributed by atoms with Gasteiger partial charge in [-0.05, 0) is 19.3 Å². The molecule has 0 aromatic rings. The fourth-order valence-corrected chi connectivity index (χ4v) is 7.32. The van der Waals surface area contributed by atoms with E-state index in [0.29, 0.717) is 6.61 Å². The van der Waals surface area contributed by atoms with Crippen molar-refractivity contribution in [3.8, 4) is 0 Å². The van der Waals surface area contributed by atoms with E-state index in [2.05, 4.69) is 20.8 Å². The first-order valence-electron chi connectivity index (χ1n) is 20.2. The minimum absolute atomic E-state index is 0.155. The minimum Gasteiger partial charge on any atom is -0.302 e. The lowest BCUT2D eigenvalue weighted by Crippen LogP contribution is -2.13. The Hall–Kier alpha value is 0.110. The van der Waals surface area contributed by atoms with Gasteiger partial charge in [0, 0.05) is 0 Å². The molecule has 0 aromatic carbocycles. The molecule has 0 aromatic heterocycles. The number of unbranched alkanes of at least 4 members (excludes halogenated alkanes) is 29. The van der Waals surface area contributed by atoms with Crippen LogP contribution in [0.15, 0.2) is 0 Å². The van der Waals surface area contributed by atoms with Crippen LogP contribution in [0.3, 0.4) is 0 Å². The maximum absolute atomic E-state index is 12.7. The summed E-state index contributed by atoms with van der Waals surface area (Å²) in [4.78, 5) is 10.4. The summed E-state index contributed by atoms with van der Waals surface area (Å²) in [6.07, 6.45) is 43.2. The van der Waals surface area contributed by atoms with Crippen LogP contribution in [0.4, 0.5) is 0 Å². The zero-order chi connectivity index (χ0) is 32.2. The zero-order valence-corrected chi connectivity index (χ0v) is 31.3. The van der Waals surface area contributed by atoms with Crippen LogP contribution in [-0.2, 0) is 13.6 Å². The molecule has 0 rings (SSSR count). The van der Waals surface area contributed by atoms with Gasteiger partial charge in [-0.2, -0.15) is 0 Å². The molecule has 44 heavy (non-hydrogen) atoms. The monoisotopic (exact) mass is 645 g/mol. The summed E-state index contributed by atoms with van der Waals surface area (Å²) in [6, 6.07) is 0. The van der Waals surface area contributed by atoms with E-state index < -0.39 is 7.82 Å². The van der Waals surface area contributed by atoms with Crippen molar-refractivity contribution in [2.75, 3.05) is 6.61 Å².